The van der Waals surface area contributed by atoms with Gasteiger partial charge in [0.1, 0.15) is 0 Å². The van der Waals surface area contributed by atoms with E-state index in [2.05, 4.69) is 24.3 Å². The normalized spacial score (nSPS) is 11.0. The first-order chi connectivity index (χ1) is 11.2. The van der Waals surface area contributed by atoms with Gasteiger partial charge in [0.05, 0.1) is 0 Å². The lowest BCUT2D eigenvalue weighted by Gasteiger charge is -2.16. The van der Waals surface area contributed by atoms with Crippen molar-refractivity contribution in [1.82, 2.24) is 4.90 Å². The molecule has 3 rings (SSSR count). The van der Waals surface area contributed by atoms with Gasteiger partial charge in [0, 0.05) is 19.7 Å². The van der Waals surface area contributed by atoms with Crippen molar-refractivity contribution in [2.75, 3.05) is 7.05 Å². The minimum absolute atomic E-state index is 0.00165. The smallest absolute Gasteiger partial charge is 0.246 e. The lowest BCUT2D eigenvalue weighted by Crippen LogP contribution is -2.24. The number of likely N-dealkylation sites (N-methyl/N-ethyl adjacent to an activating group) is 1. The van der Waals surface area contributed by atoms with Gasteiger partial charge in [-0.3, -0.25) is 4.79 Å². The Balaban J connectivity index is 1.74. The van der Waals surface area contributed by atoms with E-state index in [1.165, 1.54) is 10.8 Å². The zero-order valence-electron chi connectivity index (χ0n) is 13.1. The van der Waals surface area contributed by atoms with Crippen molar-refractivity contribution in [3.63, 3.8) is 0 Å². The van der Waals surface area contributed by atoms with Crippen LogP contribution < -0.4 is 0 Å². The summed E-state index contributed by atoms with van der Waals surface area (Å²) in [5.41, 5.74) is 2.19. The molecule has 1 amide bonds. The molecule has 0 bridgehead atoms. The van der Waals surface area contributed by atoms with Gasteiger partial charge in [-0.25, -0.2) is 0 Å². The van der Waals surface area contributed by atoms with Gasteiger partial charge in [-0.2, -0.15) is 0 Å². The number of rotatable bonds is 4. The van der Waals surface area contributed by atoms with Crippen molar-refractivity contribution in [2.45, 2.75) is 6.54 Å². The van der Waals surface area contributed by atoms with Gasteiger partial charge >= 0.3 is 0 Å². The fourth-order valence-corrected chi connectivity index (χ4v) is 2.62. The van der Waals surface area contributed by atoms with Crippen LogP contribution in [0.2, 0.25) is 0 Å². The molecule has 0 aliphatic heterocycles. The third kappa shape index (κ3) is 3.67. The molecule has 0 saturated carbocycles. The van der Waals surface area contributed by atoms with Gasteiger partial charge in [-0.05, 0) is 28.0 Å². The van der Waals surface area contributed by atoms with Crippen molar-refractivity contribution in [3.8, 4) is 0 Å². The monoisotopic (exact) mass is 301 g/mol. The molecule has 0 heterocycles. The van der Waals surface area contributed by atoms with E-state index in [1.807, 2.05) is 61.7 Å². The number of carbonyl (C=O) groups excluding carboxylic acids is 1. The molecule has 2 heteroatoms. The van der Waals surface area contributed by atoms with Crippen LogP contribution in [-0.4, -0.2) is 17.9 Å². The second kappa shape index (κ2) is 6.93. The number of fused-ring (bicyclic) bond motifs is 1. The maximum Gasteiger partial charge on any atom is 0.246 e. The molecule has 0 radical (unpaired) electrons. The Hall–Kier alpha value is -2.87. The van der Waals surface area contributed by atoms with Crippen LogP contribution in [0, 0.1) is 0 Å². The number of amides is 1. The highest BCUT2D eigenvalue weighted by molar-refractivity contribution is 5.92. The second-order valence-electron chi connectivity index (χ2n) is 5.58. The summed E-state index contributed by atoms with van der Waals surface area (Å²) in [6.07, 6.45) is 3.47. The molecule has 0 aliphatic rings. The molecule has 0 saturated heterocycles. The van der Waals surface area contributed by atoms with E-state index in [1.54, 1.807) is 11.0 Å². The summed E-state index contributed by atoms with van der Waals surface area (Å²) >= 11 is 0. The molecule has 0 spiro atoms. The van der Waals surface area contributed by atoms with E-state index in [-0.39, 0.29) is 5.91 Å². The van der Waals surface area contributed by atoms with E-state index < -0.39 is 0 Å². The lowest BCUT2D eigenvalue weighted by atomic mass is 10.0. The summed E-state index contributed by atoms with van der Waals surface area (Å²) in [6, 6.07) is 24.3. The first-order valence-corrected chi connectivity index (χ1v) is 7.69. The summed E-state index contributed by atoms with van der Waals surface area (Å²) in [4.78, 5) is 14.0. The molecule has 0 atom stereocenters. The van der Waals surface area contributed by atoms with Crippen molar-refractivity contribution in [1.29, 1.82) is 0 Å². The zero-order valence-corrected chi connectivity index (χ0v) is 13.1. The van der Waals surface area contributed by atoms with Crippen molar-refractivity contribution in [3.05, 3.63) is 90.0 Å². The van der Waals surface area contributed by atoms with Crippen LogP contribution in [0.4, 0.5) is 0 Å². The van der Waals surface area contributed by atoms with Crippen molar-refractivity contribution < 1.29 is 4.79 Å². The van der Waals surface area contributed by atoms with Gasteiger partial charge < -0.3 is 4.90 Å². The van der Waals surface area contributed by atoms with Gasteiger partial charge in [-0.15, -0.1) is 0 Å². The predicted octanol–water partition coefficient (Wildman–Crippen LogP) is 4.51. The van der Waals surface area contributed by atoms with Crippen LogP contribution in [-0.2, 0) is 11.3 Å². The Bertz CT molecular complexity index is 831. The largest absolute Gasteiger partial charge is 0.338 e. The highest BCUT2D eigenvalue weighted by Gasteiger charge is 2.08. The lowest BCUT2D eigenvalue weighted by molar-refractivity contribution is -0.125. The Morgan fingerprint density at radius 3 is 2.43 bits per heavy atom. The number of carbonyl (C=O) groups is 1. The standard InChI is InChI=1S/C21H19NO/c1-22(21(23)15-14-17-8-3-2-4-9-17)16-19-12-7-11-18-10-5-6-13-20(18)19/h2-15H,16H2,1H3/b15-14+. The van der Waals surface area contributed by atoms with E-state index >= 15 is 0 Å². The third-order valence-corrected chi connectivity index (χ3v) is 3.88. The molecule has 0 N–H and O–H groups in total. The highest BCUT2D eigenvalue weighted by atomic mass is 16.2. The molecule has 0 aromatic heterocycles. The molecule has 3 aromatic rings. The molecular formula is C21H19NO. The number of hydrogen-bond donors (Lipinski definition) is 0. The van der Waals surface area contributed by atoms with Crippen LogP contribution in [0.25, 0.3) is 16.8 Å². The van der Waals surface area contributed by atoms with Crippen LogP contribution in [0.1, 0.15) is 11.1 Å². The fourth-order valence-electron chi connectivity index (χ4n) is 2.62. The number of hydrogen-bond acceptors (Lipinski definition) is 1. The number of nitrogens with zero attached hydrogens (tertiary/aromatic N) is 1. The second-order valence-corrected chi connectivity index (χ2v) is 5.58. The van der Waals surface area contributed by atoms with Gasteiger partial charge in [0.25, 0.3) is 0 Å². The molecule has 23 heavy (non-hydrogen) atoms. The van der Waals surface area contributed by atoms with E-state index in [4.69, 9.17) is 0 Å². The van der Waals surface area contributed by atoms with Crippen molar-refractivity contribution in [2.24, 2.45) is 0 Å². The predicted molar refractivity (Wildman–Crippen MR) is 95.9 cm³/mol. The van der Waals surface area contributed by atoms with Gasteiger partial charge in [-0.1, -0.05) is 72.8 Å². The Morgan fingerprint density at radius 2 is 1.61 bits per heavy atom. The fraction of sp³-hybridized carbons (Fsp3) is 0.0952. The van der Waals surface area contributed by atoms with Crippen LogP contribution in [0.15, 0.2) is 78.9 Å². The van der Waals surface area contributed by atoms with E-state index in [0.717, 1.165) is 11.1 Å². The number of benzene rings is 3. The molecule has 0 fully saturated rings. The summed E-state index contributed by atoms with van der Waals surface area (Å²) < 4.78 is 0. The summed E-state index contributed by atoms with van der Waals surface area (Å²) in [6.45, 7) is 0.597. The minimum Gasteiger partial charge on any atom is -0.338 e. The first kappa shape index (κ1) is 15.0. The summed E-state index contributed by atoms with van der Waals surface area (Å²) in [7, 11) is 1.83. The molecule has 0 unspecified atom stereocenters. The van der Waals surface area contributed by atoms with E-state index in [0.29, 0.717) is 6.54 Å². The van der Waals surface area contributed by atoms with Crippen LogP contribution in [0.3, 0.4) is 0 Å². The maximum absolute atomic E-state index is 12.3. The molecule has 2 nitrogen and oxygen atoms in total. The van der Waals surface area contributed by atoms with Gasteiger partial charge in [0.15, 0.2) is 0 Å². The quantitative estimate of drug-likeness (QED) is 0.649. The Morgan fingerprint density at radius 1 is 0.913 bits per heavy atom. The maximum atomic E-state index is 12.3. The molecule has 114 valence electrons. The Kier molecular flexibility index (Phi) is 4.53. The summed E-state index contributed by atoms with van der Waals surface area (Å²) in [5.74, 6) is 0.00165. The third-order valence-electron chi connectivity index (χ3n) is 3.88. The van der Waals surface area contributed by atoms with Crippen LogP contribution >= 0.6 is 0 Å². The molecule has 0 aliphatic carbocycles. The summed E-state index contributed by atoms with van der Waals surface area (Å²) in [5, 5.41) is 2.40. The zero-order chi connectivity index (χ0) is 16.1. The van der Waals surface area contributed by atoms with Gasteiger partial charge in [0.2, 0.25) is 5.91 Å². The average Bonchev–Trinajstić information content (AvgIpc) is 2.61. The minimum atomic E-state index is 0.00165. The molecular weight excluding hydrogens is 282 g/mol. The average molecular weight is 301 g/mol. The highest BCUT2D eigenvalue weighted by Crippen LogP contribution is 2.19. The van der Waals surface area contributed by atoms with E-state index in [9.17, 15) is 4.79 Å². The first-order valence-electron chi connectivity index (χ1n) is 7.69. The van der Waals surface area contributed by atoms with Crippen LogP contribution in [0.5, 0.6) is 0 Å². The topological polar surface area (TPSA) is 20.3 Å². The SMILES string of the molecule is CN(Cc1cccc2ccccc12)C(=O)/C=C/c1ccccc1. The Labute approximate surface area is 136 Å². The molecule has 3 aromatic carbocycles. The van der Waals surface area contributed by atoms with Crippen molar-refractivity contribution >= 4 is 22.8 Å².